The number of furan rings is 1. The van der Waals surface area contributed by atoms with Crippen molar-refractivity contribution in [3.63, 3.8) is 0 Å². The van der Waals surface area contributed by atoms with Crippen LogP contribution in [0.4, 0.5) is 0 Å². The minimum absolute atomic E-state index is 0.0459. The summed E-state index contributed by atoms with van der Waals surface area (Å²) in [5, 5.41) is 17.0. The van der Waals surface area contributed by atoms with Crippen LogP contribution in [0.1, 0.15) is 35.4 Å². The number of hydrogen-bond acceptors (Lipinski definition) is 6. The Labute approximate surface area is 201 Å². The van der Waals surface area contributed by atoms with Gasteiger partial charge in [0.25, 0.3) is 5.56 Å². The highest BCUT2D eigenvalue weighted by molar-refractivity contribution is 5.82. The summed E-state index contributed by atoms with van der Waals surface area (Å²) in [5.74, 6) is -1.05. The molecule has 35 heavy (non-hydrogen) atoms. The van der Waals surface area contributed by atoms with E-state index in [9.17, 15) is 14.4 Å². The summed E-state index contributed by atoms with van der Waals surface area (Å²) in [6.45, 7) is 4.60. The SMILES string of the molecule is Cc1nc2ccccn2c(=O)c1CCN1CCc2oc3ccccc3c2C1.O=C(O)CCC(=O)O. The molecule has 0 saturated heterocycles. The maximum Gasteiger partial charge on any atom is 0.303 e. The van der Waals surface area contributed by atoms with Crippen LogP contribution in [0.15, 0.2) is 57.9 Å². The van der Waals surface area contributed by atoms with E-state index in [1.807, 2.05) is 37.3 Å². The molecule has 4 aromatic rings. The van der Waals surface area contributed by atoms with E-state index < -0.39 is 11.9 Å². The number of aromatic nitrogens is 2. The second-order valence-electron chi connectivity index (χ2n) is 8.47. The summed E-state index contributed by atoms with van der Waals surface area (Å²) in [6, 6.07) is 13.9. The van der Waals surface area contributed by atoms with Gasteiger partial charge in [0.15, 0.2) is 0 Å². The molecular formula is C26H27N3O6. The molecule has 0 fully saturated rings. The first-order valence-corrected chi connectivity index (χ1v) is 11.5. The number of carbonyl (C=O) groups is 2. The molecular weight excluding hydrogens is 450 g/mol. The second kappa shape index (κ2) is 10.5. The topological polar surface area (TPSA) is 125 Å². The van der Waals surface area contributed by atoms with Crippen LogP contribution in [-0.4, -0.2) is 49.5 Å². The summed E-state index contributed by atoms with van der Waals surface area (Å²) < 4.78 is 7.64. The molecule has 0 unspecified atom stereocenters. The summed E-state index contributed by atoms with van der Waals surface area (Å²) in [4.78, 5) is 39.1. The predicted molar refractivity (Wildman–Crippen MR) is 130 cm³/mol. The zero-order chi connectivity index (χ0) is 24.9. The largest absolute Gasteiger partial charge is 0.481 e. The standard InChI is InChI=1S/C22H21N3O2.C4H6O4/c1-15-16(22(26)25-11-5-4-8-21(25)23-15)9-12-24-13-10-20-18(14-24)17-6-2-3-7-19(17)27-20;5-3(6)1-2-4(7)8/h2-8,11H,9-10,12-14H2,1H3;1-2H2,(H,5,6)(H,7,8). The highest BCUT2D eigenvalue weighted by Crippen LogP contribution is 2.30. The van der Waals surface area contributed by atoms with Crippen molar-refractivity contribution in [2.75, 3.05) is 13.1 Å². The molecule has 2 N–H and O–H groups in total. The molecule has 4 heterocycles. The van der Waals surface area contributed by atoms with Gasteiger partial charge in [0, 0.05) is 54.5 Å². The Bertz CT molecular complexity index is 1420. The number of fused-ring (bicyclic) bond motifs is 4. The van der Waals surface area contributed by atoms with E-state index in [-0.39, 0.29) is 18.4 Å². The molecule has 1 aromatic carbocycles. The van der Waals surface area contributed by atoms with Gasteiger partial charge in [-0.3, -0.25) is 23.7 Å². The number of rotatable bonds is 6. The van der Waals surface area contributed by atoms with Gasteiger partial charge < -0.3 is 14.6 Å². The molecule has 0 amide bonds. The van der Waals surface area contributed by atoms with E-state index >= 15 is 0 Å². The molecule has 1 aliphatic heterocycles. The van der Waals surface area contributed by atoms with Crippen molar-refractivity contribution < 1.29 is 24.2 Å². The highest BCUT2D eigenvalue weighted by atomic mass is 16.4. The zero-order valence-electron chi connectivity index (χ0n) is 19.4. The first-order chi connectivity index (χ1) is 16.8. The Morgan fingerprint density at radius 1 is 1.06 bits per heavy atom. The molecule has 0 atom stereocenters. The van der Waals surface area contributed by atoms with Gasteiger partial charge in [-0.2, -0.15) is 0 Å². The number of carboxylic acid groups (broad SMARTS) is 2. The fourth-order valence-corrected chi connectivity index (χ4v) is 4.29. The van der Waals surface area contributed by atoms with Crippen LogP contribution < -0.4 is 5.56 Å². The van der Waals surface area contributed by atoms with Gasteiger partial charge >= 0.3 is 11.9 Å². The van der Waals surface area contributed by atoms with Gasteiger partial charge in [0.1, 0.15) is 17.0 Å². The fraction of sp³-hybridized carbons (Fsp3) is 0.308. The lowest BCUT2D eigenvalue weighted by molar-refractivity contribution is -0.143. The third-order valence-corrected chi connectivity index (χ3v) is 6.08. The second-order valence-corrected chi connectivity index (χ2v) is 8.47. The number of hydrogen-bond donors (Lipinski definition) is 2. The number of aryl methyl sites for hydroxylation is 1. The Morgan fingerprint density at radius 3 is 2.51 bits per heavy atom. The Kier molecular flexibility index (Phi) is 7.26. The molecule has 3 aromatic heterocycles. The Balaban J connectivity index is 0.000000314. The number of nitrogens with zero attached hydrogens (tertiary/aromatic N) is 3. The molecule has 1 aliphatic rings. The van der Waals surface area contributed by atoms with Crippen molar-refractivity contribution in [1.29, 1.82) is 0 Å². The third-order valence-electron chi connectivity index (χ3n) is 6.08. The molecule has 0 bridgehead atoms. The predicted octanol–water partition coefficient (Wildman–Crippen LogP) is 3.29. The zero-order valence-corrected chi connectivity index (χ0v) is 19.4. The van der Waals surface area contributed by atoms with Crippen molar-refractivity contribution >= 4 is 28.6 Å². The third kappa shape index (κ3) is 5.58. The monoisotopic (exact) mass is 477 g/mol. The van der Waals surface area contributed by atoms with E-state index in [2.05, 4.69) is 22.0 Å². The van der Waals surface area contributed by atoms with Gasteiger partial charge in [0.2, 0.25) is 0 Å². The van der Waals surface area contributed by atoms with Gasteiger partial charge in [0.05, 0.1) is 12.8 Å². The van der Waals surface area contributed by atoms with Gasteiger partial charge in [-0.05, 0) is 31.5 Å². The van der Waals surface area contributed by atoms with E-state index in [4.69, 9.17) is 14.6 Å². The van der Waals surface area contributed by atoms with E-state index in [0.29, 0.717) is 12.1 Å². The number of para-hydroxylation sites is 1. The molecule has 0 spiro atoms. The average Bonchev–Trinajstić information content (AvgIpc) is 3.21. The minimum Gasteiger partial charge on any atom is -0.481 e. The summed E-state index contributed by atoms with van der Waals surface area (Å²) >= 11 is 0. The maximum atomic E-state index is 12.8. The lowest BCUT2D eigenvalue weighted by atomic mass is 10.0. The lowest BCUT2D eigenvalue weighted by Gasteiger charge is -2.26. The van der Waals surface area contributed by atoms with E-state index in [1.165, 1.54) is 10.9 Å². The van der Waals surface area contributed by atoms with Crippen LogP contribution in [0.2, 0.25) is 0 Å². The number of carboxylic acids is 2. The van der Waals surface area contributed by atoms with Crippen molar-refractivity contribution in [2.45, 2.75) is 39.2 Å². The van der Waals surface area contributed by atoms with Gasteiger partial charge in [-0.1, -0.05) is 24.3 Å². The normalized spacial score (nSPS) is 13.3. The van der Waals surface area contributed by atoms with Crippen molar-refractivity contribution in [3.8, 4) is 0 Å². The molecule has 9 nitrogen and oxygen atoms in total. The van der Waals surface area contributed by atoms with Crippen molar-refractivity contribution in [1.82, 2.24) is 14.3 Å². The molecule has 9 heteroatoms. The molecule has 182 valence electrons. The van der Waals surface area contributed by atoms with Crippen LogP contribution >= 0.6 is 0 Å². The number of pyridine rings is 1. The Hall–Kier alpha value is -3.98. The fourth-order valence-electron chi connectivity index (χ4n) is 4.29. The smallest absolute Gasteiger partial charge is 0.303 e. The lowest BCUT2D eigenvalue weighted by Crippen LogP contribution is -2.33. The van der Waals surface area contributed by atoms with E-state index in [1.54, 1.807) is 10.6 Å². The summed E-state index contributed by atoms with van der Waals surface area (Å²) in [5.41, 5.74) is 4.65. The van der Waals surface area contributed by atoms with Crippen LogP contribution in [0.3, 0.4) is 0 Å². The molecule has 0 radical (unpaired) electrons. The van der Waals surface area contributed by atoms with Crippen LogP contribution in [0.5, 0.6) is 0 Å². The molecule has 0 saturated carbocycles. The van der Waals surface area contributed by atoms with Gasteiger partial charge in [-0.15, -0.1) is 0 Å². The van der Waals surface area contributed by atoms with Gasteiger partial charge in [-0.25, -0.2) is 4.98 Å². The maximum absolute atomic E-state index is 12.8. The average molecular weight is 478 g/mol. The first kappa shape index (κ1) is 24.2. The number of aliphatic carboxylic acids is 2. The van der Waals surface area contributed by atoms with Crippen molar-refractivity contribution in [2.24, 2.45) is 0 Å². The summed E-state index contributed by atoms with van der Waals surface area (Å²) in [7, 11) is 0. The first-order valence-electron chi connectivity index (χ1n) is 11.5. The van der Waals surface area contributed by atoms with Crippen LogP contribution in [0, 0.1) is 6.92 Å². The van der Waals surface area contributed by atoms with Crippen LogP contribution in [-0.2, 0) is 29.0 Å². The quantitative estimate of drug-likeness (QED) is 0.433. The molecule has 5 rings (SSSR count). The Morgan fingerprint density at radius 2 is 1.77 bits per heavy atom. The summed E-state index contributed by atoms with van der Waals surface area (Å²) in [6.07, 6.45) is 2.82. The molecule has 0 aliphatic carbocycles. The highest BCUT2D eigenvalue weighted by Gasteiger charge is 2.22. The minimum atomic E-state index is -1.08. The number of benzene rings is 1. The van der Waals surface area contributed by atoms with Crippen molar-refractivity contribution in [3.05, 3.63) is 81.6 Å². The van der Waals surface area contributed by atoms with Crippen LogP contribution in [0.25, 0.3) is 16.6 Å². The van der Waals surface area contributed by atoms with E-state index in [0.717, 1.165) is 48.7 Å².